The average Bonchev–Trinajstić information content (AvgIpc) is 2.58. The Morgan fingerprint density at radius 1 is 1.23 bits per heavy atom. The van der Waals surface area contributed by atoms with Gasteiger partial charge in [0.2, 0.25) is 11.8 Å². The van der Waals surface area contributed by atoms with Gasteiger partial charge in [-0.1, -0.05) is 38.1 Å². The smallest absolute Gasteiger partial charge is 0.308 e. The number of nitrogens with one attached hydrogen (secondary N) is 1. The van der Waals surface area contributed by atoms with Gasteiger partial charge in [0.15, 0.2) is 0 Å². The van der Waals surface area contributed by atoms with Gasteiger partial charge in [-0.25, -0.2) is 0 Å². The van der Waals surface area contributed by atoms with Crippen molar-refractivity contribution in [2.75, 3.05) is 6.54 Å². The number of fused-ring (bicyclic) bond motifs is 1. The van der Waals surface area contributed by atoms with E-state index in [0.717, 1.165) is 11.1 Å². The SMILES string of the molecule is CC(=O)N1C=Cc2ccccc2C1CC(=O)NCC(CC(C)C)C(=O)O. The first-order valence-electron chi connectivity index (χ1n) is 8.85. The van der Waals surface area contributed by atoms with E-state index in [1.807, 2.05) is 44.2 Å². The molecule has 0 bridgehead atoms. The fraction of sp³-hybridized carbons (Fsp3) is 0.450. The number of carbonyl (C=O) groups excluding carboxylic acids is 2. The molecule has 0 radical (unpaired) electrons. The zero-order valence-corrected chi connectivity index (χ0v) is 15.4. The maximum atomic E-state index is 12.4. The van der Waals surface area contributed by atoms with Crippen molar-refractivity contribution >= 4 is 23.9 Å². The van der Waals surface area contributed by atoms with Gasteiger partial charge in [-0.2, -0.15) is 0 Å². The number of rotatable bonds is 7. The molecule has 6 heteroatoms. The zero-order chi connectivity index (χ0) is 19.3. The Bertz CT molecular complexity index is 712. The second-order valence-electron chi connectivity index (χ2n) is 7.06. The molecule has 1 aliphatic rings. The molecule has 1 aromatic carbocycles. The monoisotopic (exact) mass is 358 g/mol. The molecule has 1 aromatic rings. The first kappa shape index (κ1) is 19.7. The Labute approximate surface area is 153 Å². The molecule has 0 saturated heterocycles. The van der Waals surface area contributed by atoms with E-state index in [2.05, 4.69) is 5.32 Å². The summed E-state index contributed by atoms with van der Waals surface area (Å²) in [5, 5.41) is 12.0. The second-order valence-corrected chi connectivity index (χ2v) is 7.06. The molecule has 26 heavy (non-hydrogen) atoms. The van der Waals surface area contributed by atoms with Gasteiger partial charge < -0.3 is 15.3 Å². The molecule has 0 aliphatic carbocycles. The number of benzene rings is 1. The molecule has 2 rings (SSSR count). The van der Waals surface area contributed by atoms with Gasteiger partial charge in [-0.05, 0) is 29.5 Å². The Morgan fingerprint density at radius 2 is 1.92 bits per heavy atom. The minimum absolute atomic E-state index is 0.0922. The molecule has 0 aromatic heterocycles. The third-order valence-electron chi connectivity index (χ3n) is 4.50. The summed E-state index contributed by atoms with van der Waals surface area (Å²) in [4.78, 5) is 37.3. The Kier molecular flexibility index (Phi) is 6.55. The number of aliphatic carboxylic acids is 1. The predicted octanol–water partition coefficient (Wildman–Crippen LogP) is 2.81. The van der Waals surface area contributed by atoms with Gasteiger partial charge in [0.1, 0.15) is 0 Å². The van der Waals surface area contributed by atoms with E-state index in [0.29, 0.717) is 6.42 Å². The quantitative estimate of drug-likeness (QED) is 0.785. The second kappa shape index (κ2) is 8.65. The predicted molar refractivity (Wildman–Crippen MR) is 98.9 cm³/mol. The minimum Gasteiger partial charge on any atom is -0.481 e. The highest BCUT2D eigenvalue weighted by atomic mass is 16.4. The number of carboxylic acids is 1. The van der Waals surface area contributed by atoms with Crippen molar-refractivity contribution in [3.05, 3.63) is 41.6 Å². The number of carboxylic acid groups (broad SMARTS) is 1. The fourth-order valence-electron chi connectivity index (χ4n) is 3.24. The van der Waals surface area contributed by atoms with E-state index in [1.165, 1.54) is 6.92 Å². The maximum absolute atomic E-state index is 12.4. The molecule has 1 aliphatic heterocycles. The van der Waals surface area contributed by atoms with E-state index in [1.54, 1.807) is 11.1 Å². The van der Waals surface area contributed by atoms with Crippen LogP contribution in [0.4, 0.5) is 0 Å². The topological polar surface area (TPSA) is 86.7 Å². The Hall–Kier alpha value is -2.63. The lowest BCUT2D eigenvalue weighted by Crippen LogP contribution is -2.38. The Morgan fingerprint density at radius 3 is 2.54 bits per heavy atom. The van der Waals surface area contributed by atoms with Crippen molar-refractivity contribution in [2.45, 2.75) is 39.7 Å². The van der Waals surface area contributed by atoms with Crippen LogP contribution in [0.5, 0.6) is 0 Å². The number of hydrogen-bond acceptors (Lipinski definition) is 3. The van der Waals surface area contributed by atoms with Crippen LogP contribution in [0, 0.1) is 11.8 Å². The number of hydrogen-bond donors (Lipinski definition) is 2. The van der Waals surface area contributed by atoms with Gasteiger partial charge in [0.25, 0.3) is 0 Å². The van der Waals surface area contributed by atoms with Crippen LogP contribution in [0.15, 0.2) is 30.5 Å². The molecule has 6 nitrogen and oxygen atoms in total. The van der Waals surface area contributed by atoms with E-state index in [9.17, 15) is 19.5 Å². The van der Waals surface area contributed by atoms with Gasteiger partial charge in [-0.15, -0.1) is 0 Å². The standard InChI is InChI=1S/C20H26N2O4/c1-13(2)10-16(20(25)26)12-21-19(24)11-18-17-7-5-4-6-15(17)8-9-22(18)14(3)23/h4-9,13,16,18H,10-12H2,1-3H3,(H,21,24)(H,25,26). The normalized spacial score (nSPS) is 16.9. The highest BCUT2D eigenvalue weighted by Gasteiger charge is 2.28. The lowest BCUT2D eigenvalue weighted by Gasteiger charge is -2.32. The van der Waals surface area contributed by atoms with Crippen molar-refractivity contribution < 1.29 is 19.5 Å². The highest BCUT2D eigenvalue weighted by Crippen LogP contribution is 2.32. The summed E-state index contributed by atoms with van der Waals surface area (Å²) in [5.41, 5.74) is 1.89. The van der Waals surface area contributed by atoms with Crippen LogP contribution in [-0.4, -0.2) is 34.3 Å². The van der Waals surface area contributed by atoms with Crippen LogP contribution in [0.3, 0.4) is 0 Å². The summed E-state index contributed by atoms with van der Waals surface area (Å²) < 4.78 is 0. The summed E-state index contributed by atoms with van der Waals surface area (Å²) in [5.74, 6) is -1.69. The minimum atomic E-state index is -0.907. The van der Waals surface area contributed by atoms with Gasteiger partial charge >= 0.3 is 5.97 Å². The summed E-state index contributed by atoms with van der Waals surface area (Å²) in [6.07, 6.45) is 4.15. The number of amides is 2. The van der Waals surface area contributed by atoms with E-state index in [-0.39, 0.29) is 36.7 Å². The van der Waals surface area contributed by atoms with Crippen LogP contribution >= 0.6 is 0 Å². The fourth-order valence-corrected chi connectivity index (χ4v) is 3.24. The molecule has 0 saturated carbocycles. The molecule has 1 heterocycles. The zero-order valence-electron chi connectivity index (χ0n) is 15.4. The summed E-state index contributed by atoms with van der Waals surface area (Å²) in [7, 11) is 0. The molecular weight excluding hydrogens is 332 g/mol. The molecule has 0 fully saturated rings. The molecule has 0 spiro atoms. The van der Waals surface area contributed by atoms with Crippen molar-refractivity contribution in [2.24, 2.45) is 11.8 Å². The lowest BCUT2D eigenvalue weighted by molar-refractivity contribution is -0.142. The van der Waals surface area contributed by atoms with Crippen molar-refractivity contribution in [3.8, 4) is 0 Å². The van der Waals surface area contributed by atoms with E-state index in [4.69, 9.17) is 0 Å². The summed E-state index contributed by atoms with van der Waals surface area (Å²) >= 11 is 0. The van der Waals surface area contributed by atoms with Crippen molar-refractivity contribution in [1.29, 1.82) is 0 Å². The van der Waals surface area contributed by atoms with Crippen LogP contribution in [0.2, 0.25) is 0 Å². The molecule has 2 atom stereocenters. The van der Waals surface area contributed by atoms with Crippen LogP contribution < -0.4 is 5.32 Å². The summed E-state index contributed by atoms with van der Waals surface area (Å²) in [6.45, 7) is 5.46. The van der Waals surface area contributed by atoms with Gasteiger partial charge in [0, 0.05) is 19.7 Å². The number of carbonyl (C=O) groups is 3. The Balaban J connectivity index is 2.07. The third-order valence-corrected chi connectivity index (χ3v) is 4.50. The number of nitrogens with zero attached hydrogens (tertiary/aromatic N) is 1. The maximum Gasteiger partial charge on any atom is 0.308 e. The van der Waals surface area contributed by atoms with Gasteiger partial charge in [0.05, 0.1) is 18.4 Å². The molecule has 2 amide bonds. The van der Waals surface area contributed by atoms with Gasteiger partial charge in [-0.3, -0.25) is 14.4 Å². The van der Waals surface area contributed by atoms with E-state index >= 15 is 0 Å². The first-order valence-corrected chi connectivity index (χ1v) is 8.85. The molecule has 140 valence electrons. The summed E-state index contributed by atoms with van der Waals surface area (Å²) in [6, 6.07) is 7.25. The van der Waals surface area contributed by atoms with Crippen molar-refractivity contribution in [3.63, 3.8) is 0 Å². The molecule has 2 unspecified atom stereocenters. The van der Waals surface area contributed by atoms with Crippen LogP contribution in [0.25, 0.3) is 6.08 Å². The molecule has 2 N–H and O–H groups in total. The third kappa shape index (κ3) is 4.94. The van der Waals surface area contributed by atoms with Crippen molar-refractivity contribution in [1.82, 2.24) is 10.2 Å². The van der Waals surface area contributed by atoms with E-state index < -0.39 is 11.9 Å². The molecular formula is C20H26N2O4. The van der Waals surface area contributed by atoms with Crippen LogP contribution in [0.1, 0.15) is 50.8 Å². The first-order chi connectivity index (χ1) is 12.3. The lowest BCUT2D eigenvalue weighted by atomic mass is 9.93. The highest BCUT2D eigenvalue weighted by molar-refractivity contribution is 5.82. The largest absolute Gasteiger partial charge is 0.481 e. The van der Waals surface area contributed by atoms with Crippen LogP contribution in [-0.2, 0) is 14.4 Å². The average molecular weight is 358 g/mol.